The van der Waals surface area contributed by atoms with E-state index < -0.39 is 28.9 Å². The number of anilines is 1. The molecule has 1 N–H and O–H groups in total. The van der Waals surface area contributed by atoms with Gasteiger partial charge in [0.1, 0.15) is 29.4 Å². The van der Waals surface area contributed by atoms with E-state index in [1.165, 1.54) is 17.8 Å². The number of carbonyl (C=O) groups excluding carboxylic acids is 4. The maximum absolute atomic E-state index is 15.0. The molecule has 1 amide bonds. The zero-order valence-corrected chi connectivity index (χ0v) is 39.7. The number of Topliss-reactive ketones (excluding diaryl/α,β-unsaturated/α-hetero) is 2. The van der Waals surface area contributed by atoms with Crippen LogP contribution in [0.3, 0.4) is 0 Å². The number of nitrogens with zero attached hydrogens (tertiary/aromatic N) is 4. The third-order valence-electron chi connectivity index (χ3n) is 14.5. The average molecular weight is 905 g/mol. The molecule has 2 saturated heterocycles. The van der Waals surface area contributed by atoms with E-state index in [2.05, 4.69) is 31.0 Å². The summed E-state index contributed by atoms with van der Waals surface area (Å²) >= 11 is 8.77. The molecule has 0 spiro atoms. The molecule has 14 heteroatoms. The molecule has 0 bridgehead atoms. The number of benzene rings is 1. The molecule has 3 aliphatic carbocycles. The first-order chi connectivity index (χ1) is 30.0. The zero-order valence-electron chi connectivity index (χ0n) is 38.2. The van der Waals surface area contributed by atoms with Crippen molar-refractivity contribution in [1.82, 2.24) is 19.8 Å². The van der Waals surface area contributed by atoms with Crippen LogP contribution in [0.1, 0.15) is 112 Å². The smallest absolute Gasteiger partial charge is 0.306 e. The number of aryl methyl sites for hydroxylation is 1. The van der Waals surface area contributed by atoms with Gasteiger partial charge in [-0.3, -0.25) is 24.1 Å². The van der Waals surface area contributed by atoms with Crippen LogP contribution in [0.25, 0.3) is 22.3 Å². The van der Waals surface area contributed by atoms with Gasteiger partial charge in [0.25, 0.3) is 0 Å². The first-order valence-electron chi connectivity index (χ1n) is 23.4. The molecule has 63 heavy (non-hydrogen) atoms. The number of fused-ring (bicyclic) bond motifs is 2. The van der Waals surface area contributed by atoms with Crippen LogP contribution >= 0.6 is 22.9 Å². The Kier molecular flexibility index (Phi) is 13.6. The van der Waals surface area contributed by atoms with Crippen LogP contribution in [0.15, 0.2) is 23.6 Å². The molecular formula is C49H66ClN5O7S. The molecule has 3 aromatic rings. The molecule has 12 nitrogen and oxygen atoms in total. The number of nitrogens with one attached hydrogen (secondary N) is 1. The quantitative estimate of drug-likeness (QED) is 0.123. The van der Waals surface area contributed by atoms with Gasteiger partial charge in [0, 0.05) is 54.2 Å². The van der Waals surface area contributed by atoms with Crippen molar-refractivity contribution < 1.29 is 33.4 Å². The largest absolute Gasteiger partial charge is 0.488 e. The molecule has 5 fully saturated rings. The number of morpholine rings is 1. The molecule has 5 aliphatic rings. The SMILES string of the molecule is CC[C@@H]1C[C@]1(CC(=O)[C@@H]1C[C@@H](Oc2cc(-c3csc(NC(C)C)n3)nc3c(Cl)c(CCCN4CCOCC4)ccc23)CN1C(=O)[C@@H](CC(=O)OC1C[C@@H]2C[C@@H]2C1)C(C)(C)C)C(C)=O. The number of halogens is 1. The summed E-state index contributed by atoms with van der Waals surface area (Å²) in [6.07, 6.45) is 5.80. The summed E-state index contributed by atoms with van der Waals surface area (Å²) in [5.41, 5.74) is 1.58. The number of hydrogen-bond donors (Lipinski definition) is 1. The van der Waals surface area contributed by atoms with E-state index >= 15 is 0 Å². The maximum atomic E-state index is 15.0. The van der Waals surface area contributed by atoms with Crippen LogP contribution in [-0.2, 0) is 35.1 Å². The fraction of sp³-hybridized carbons (Fsp3) is 0.673. The molecule has 1 aromatic carbocycles. The number of amides is 1. The summed E-state index contributed by atoms with van der Waals surface area (Å²) < 4.78 is 18.5. The summed E-state index contributed by atoms with van der Waals surface area (Å²) in [6.45, 7) is 18.1. The molecule has 3 saturated carbocycles. The van der Waals surface area contributed by atoms with E-state index in [4.69, 9.17) is 35.8 Å². The highest BCUT2D eigenvalue weighted by molar-refractivity contribution is 7.14. The molecule has 8 atom stereocenters. The van der Waals surface area contributed by atoms with Gasteiger partial charge in [-0.2, -0.15) is 0 Å². The van der Waals surface area contributed by atoms with Gasteiger partial charge in [-0.1, -0.05) is 51.8 Å². The normalized spacial score (nSPS) is 27.3. The van der Waals surface area contributed by atoms with E-state index in [9.17, 15) is 19.2 Å². The van der Waals surface area contributed by atoms with Crippen molar-refractivity contribution in [3.05, 3.63) is 34.2 Å². The third-order valence-corrected chi connectivity index (χ3v) is 15.7. The van der Waals surface area contributed by atoms with E-state index in [-0.39, 0.29) is 67.3 Å². The second kappa shape index (κ2) is 18.7. The van der Waals surface area contributed by atoms with Crippen molar-refractivity contribution in [3.8, 4) is 17.1 Å². The van der Waals surface area contributed by atoms with E-state index in [0.29, 0.717) is 45.9 Å². The Morgan fingerprint density at radius 3 is 2.44 bits per heavy atom. The average Bonchev–Trinajstić information content (AvgIpc) is 3.91. The number of thiazole rings is 1. The Morgan fingerprint density at radius 1 is 1.03 bits per heavy atom. The van der Waals surface area contributed by atoms with Crippen molar-refractivity contribution >= 4 is 62.4 Å². The summed E-state index contributed by atoms with van der Waals surface area (Å²) in [6, 6.07) is 5.31. The highest BCUT2D eigenvalue weighted by Crippen LogP contribution is 2.58. The minimum Gasteiger partial charge on any atom is -0.488 e. The van der Waals surface area contributed by atoms with Crippen LogP contribution in [0.2, 0.25) is 5.02 Å². The highest BCUT2D eigenvalue weighted by atomic mass is 35.5. The first kappa shape index (κ1) is 45.9. The Labute approximate surface area is 381 Å². The number of esters is 1. The lowest BCUT2D eigenvalue weighted by Crippen LogP contribution is -2.48. The number of carbonyl (C=O) groups is 4. The van der Waals surface area contributed by atoms with Crippen molar-refractivity contribution in [2.45, 2.75) is 137 Å². The van der Waals surface area contributed by atoms with Crippen molar-refractivity contribution in [2.75, 3.05) is 44.7 Å². The number of likely N-dealkylation sites (tertiary alicyclic amines) is 1. The number of rotatable bonds is 18. The van der Waals surface area contributed by atoms with Gasteiger partial charge in [0.15, 0.2) is 10.9 Å². The Morgan fingerprint density at radius 2 is 1.78 bits per heavy atom. The lowest BCUT2D eigenvalue weighted by molar-refractivity contribution is -0.156. The fourth-order valence-corrected chi connectivity index (χ4v) is 11.7. The topological polar surface area (TPSA) is 140 Å². The molecule has 0 radical (unpaired) electrons. The Hall–Kier alpha value is -3.65. The minimum atomic E-state index is -0.822. The number of ketones is 2. The summed E-state index contributed by atoms with van der Waals surface area (Å²) in [4.78, 5) is 70.2. The van der Waals surface area contributed by atoms with Crippen LogP contribution in [0.4, 0.5) is 5.13 Å². The summed E-state index contributed by atoms with van der Waals surface area (Å²) in [7, 11) is 0. The summed E-state index contributed by atoms with van der Waals surface area (Å²) in [5, 5.41) is 7.41. The number of pyridine rings is 1. The molecule has 1 unspecified atom stereocenters. The summed E-state index contributed by atoms with van der Waals surface area (Å²) in [5.74, 6) is 0.513. The van der Waals surface area contributed by atoms with Gasteiger partial charge in [0.05, 0.1) is 54.4 Å². The maximum Gasteiger partial charge on any atom is 0.306 e. The third kappa shape index (κ3) is 10.3. The van der Waals surface area contributed by atoms with Crippen molar-refractivity contribution in [1.29, 1.82) is 0 Å². The second-order valence-corrected chi connectivity index (χ2v) is 21.7. The van der Waals surface area contributed by atoms with Gasteiger partial charge >= 0.3 is 5.97 Å². The van der Waals surface area contributed by atoms with Crippen LogP contribution in [0.5, 0.6) is 5.75 Å². The Balaban J connectivity index is 1.09. The van der Waals surface area contributed by atoms with Gasteiger partial charge < -0.3 is 24.4 Å². The van der Waals surface area contributed by atoms with Crippen LogP contribution < -0.4 is 10.1 Å². The lowest BCUT2D eigenvalue weighted by atomic mass is 9.77. The van der Waals surface area contributed by atoms with Crippen molar-refractivity contribution in [3.63, 3.8) is 0 Å². The molecule has 342 valence electrons. The van der Waals surface area contributed by atoms with Crippen molar-refractivity contribution in [2.24, 2.45) is 34.5 Å². The number of ether oxygens (including phenoxy) is 3. The van der Waals surface area contributed by atoms with Crippen LogP contribution in [-0.4, -0.2) is 107 Å². The lowest BCUT2D eigenvalue weighted by Gasteiger charge is -2.35. The second-order valence-electron chi connectivity index (χ2n) is 20.4. The van der Waals surface area contributed by atoms with Gasteiger partial charge in [-0.05, 0) is 101 Å². The highest BCUT2D eigenvalue weighted by Gasteiger charge is 2.59. The van der Waals surface area contributed by atoms with Gasteiger partial charge in [-0.25, -0.2) is 9.97 Å². The van der Waals surface area contributed by atoms with Crippen LogP contribution in [0, 0.1) is 34.5 Å². The monoisotopic (exact) mass is 903 g/mol. The molecular weight excluding hydrogens is 838 g/mol. The molecule has 4 heterocycles. The fourth-order valence-electron chi connectivity index (χ4n) is 10.6. The zero-order chi connectivity index (χ0) is 44.8. The van der Waals surface area contributed by atoms with E-state index in [0.717, 1.165) is 81.0 Å². The molecule has 2 aromatic heterocycles. The first-order valence-corrected chi connectivity index (χ1v) is 24.6. The van der Waals surface area contributed by atoms with Gasteiger partial charge in [0.2, 0.25) is 5.91 Å². The van der Waals surface area contributed by atoms with Gasteiger partial charge in [-0.15, -0.1) is 11.3 Å². The van der Waals surface area contributed by atoms with E-state index in [1.807, 2.05) is 44.4 Å². The minimum absolute atomic E-state index is 0.0214. The standard InChI is InChI=1S/C49H66ClN5O7S/c1-8-33-24-49(33,29(4)56)25-41(57)40-21-35(26-55(40)46(59)37(48(5,6)7)22-43(58)62-34-19-31-18-32(31)20-34)61-42-23-38(39-27-63-47(53-39)51-28(2)3)52-45-36(42)12-11-30(44(45)50)10-9-13-54-14-16-60-17-15-54/h11-12,23,27-28,31-35,37,40H,8-10,13-22,24-26H2,1-7H3,(H,51,53)/t31-,32+,33-,34?,35-,37-,40+,49+/m1/s1. The molecule has 2 aliphatic heterocycles. The number of aromatic nitrogens is 2. The van der Waals surface area contributed by atoms with E-state index in [1.54, 1.807) is 11.8 Å². The predicted molar refractivity (Wildman–Crippen MR) is 246 cm³/mol. The number of hydrogen-bond acceptors (Lipinski definition) is 12. The predicted octanol–water partition coefficient (Wildman–Crippen LogP) is 8.80. The Bertz CT molecular complexity index is 2190. The molecule has 8 rings (SSSR count).